The van der Waals surface area contributed by atoms with E-state index < -0.39 is 17.8 Å². The molecule has 2 aliphatic rings. The molecule has 0 radical (unpaired) electrons. The molecule has 2 aliphatic carbocycles. The summed E-state index contributed by atoms with van der Waals surface area (Å²) in [6.45, 7) is 0.618. The average molecular weight is 292 g/mol. The molecule has 0 saturated heterocycles. The molecule has 3 rings (SSSR count). The molecule has 0 atom stereocenters. The van der Waals surface area contributed by atoms with Crippen molar-refractivity contribution in [1.82, 2.24) is 5.32 Å². The number of carbonyl (C=O) groups excluding carboxylic acids is 1. The van der Waals surface area contributed by atoms with Gasteiger partial charge in [0.05, 0.1) is 11.3 Å². The molecule has 21 heavy (non-hydrogen) atoms. The topological polar surface area (TPSA) is 78.4 Å². The second-order valence-electron chi connectivity index (χ2n) is 5.94. The largest absolute Gasteiger partial charge is 0.478 e. The lowest BCUT2D eigenvalue weighted by molar-refractivity contribution is 0.0697. The summed E-state index contributed by atoms with van der Waals surface area (Å²) in [6.07, 6.45) is 4.78. The first kappa shape index (κ1) is 13.9. The summed E-state index contributed by atoms with van der Waals surface area (Å²) in [5, 5.41) is 14.3. The molecule has 1 aromatic rings. The van der Waals surface area contributed by atoms with Gasteiger partial charge in [-0.2, -0.15) is 0 Å². The van der Waals surface area contributed by atoms with E-state index in [1.165, 1.54) is 18.9 Å². The summed E-state index contributed by atoms with van der Waals surface area (Å²) in [6, 6.07) is 2.82. The molecule has 112 valence electrons. The van der Waals surface area contributed by atoms with Gasteiger partial charge in [0.1, 0.15) is 5.82 Å². The van der Waals surface area contributed by atoms with E-state index in [4.69, 9.17) is 5.11 Å². The van der Waals surface area contributed by atoms with Crippen LogP contribution >= 0.6 is 0 Å². The Balaban J connectivity index is 1.61. The van der Waals surface area contributed by atoms with Gasteiger partial charge in [-0.15, -0.1) is 0 Å². The fourth-order valence-electron chi connectivity index (χ4n) is 2.81. The van der Waals surface area contributed by atoms with Crippen LogP contribution in [-0.2, 0) is 0 Å². The van der Waals surface area contributed by atoms with E-state index in [1.807, 2.05) is 0 Å². The number of hydrogen-bond donors (Lipinski definition) is 3. The molecule has 0 unspecified atom stereocenters. The third-order valence-electron chi connectivity index (χ3n) is 4.40. The second-order valence-corrected chi connectivity index (χ2v) is 5.94. The van der Waals surface area contributed by atoms with E-state index in [1.54, 1.807) is 0 Å². The number of carboxylic acid groups (broad SMARTS) is 1. The van der Waals surface area contributed by atoms with E-state index in [0.717, 1.165) is 30.9 Å². The highest BCUT2D eigenvalue weighted by molar-refractivity contribution is 6.00. The van der Waals surface area contributed by atoms with Gasteiger partial charge in [-0.05, 0) is 55.2 Å². The van der Waals surface area contributed by atoms with E-state index in [2.05, 4.69) is 10.6 Å². The maximum Gasteiger partial charge on any atom is 0.337 e. The van der Waals surface area contributed by atoms with Crippen molar-refractivity contribution in [2.24, 2.45) is 11.3 Å². The number of rotatable bonds is 5. The molecule has 0 spiro atoms. The number of benzene rings is 1. The number of nitrogens with one attached hydrogen (secondary N) is 2. The molecule has 1 aromatic carbocycles. The Kier molecular flexibility index (Phi) is 3.31. The van der Waals surface area contributed by atoms with Crippen LogP contribution in [0, 0.1) is 17.2 Å². The van der Waals surface area contributed by atoms with Crippen molar-refractivity contribution in [3.05, 3.63) is 29.6 Å². The minimum atomic E-state index is -1.28. The molecule has 2 amide bonds. The maximum atomic E-state index is 13.1. The Hall–Kier alpha value is -2.11. The molecule has 0 bridgehead atoms. The van der Waals surface area contributed by atoms with Crippen LogP contribution in [0.4, 0.5) is 14.9 Å². The summed E-state index contributed by atoms with van der Waals surface area (Å²) >= 11 is 0. The van der Waals surface area contributed by atoms with Crippen LogP contribution in [0.25, 0.3) is 0 Å². The van der Waals surface area contributed by atoms with Gasteiger partial charge in [-0.1, -0.05) is 0 Å². The normalized spacial score (nSPS) is 18.9. The number of amides is 2. The SMILES string of the molecule is O=C(NCC1(C2CC2)CC1)Nc1ccc(F)cc1C(=O)O. The van der Waals surface area contributed by atoms with E-state index in [-0.39, 0.29) is 16.7 Å². The molecule has 2 fully saturated rings. The Morgan fingerprint density at radius 2 is 2.05 bits per heavy atom. The molecular weight excluding hydrogens is 275 g/mol. The minimum Gasteiger partial charge on any atom is -0.478 e. The van der Waals surface area contributed by atoms with Gasteiger partial charge in [0, 0.05) is 6.54 Å². The predicted molar refractivity (Wildman–Crippen MR) is 74.8 cm³/mol. The van der Waals surface area contributed by atoms with E-state index in [9.17, 15) is 14.0 Å². The first-order valence-electron chi connectivity index (χ1n) is 7.08. The predicted octanol–water partition coefficient (Wildman–Crippen LogP) is 2.84. The summed E-state index contributed by atoms with van der Waals surface area (Å²) < 4.78 is 13.1. The van der Waals surface area contributed by atoms with E-state index in [0.29, 0.717) is 6.54 Å². The van der Waals surface area contributed by atoms with Crippen LogP contribution in [0.1, 0.15) is 36.0 Å². The molecule has 2 saturated carbocycles. The average Bonchev–Trinajstić information content (AvgIpc) is 3.30. The maximum absolute atomic E-state index is 13.1. The fourth-order valence-corrected chi connectivity index (χ4v) is 2.81. The van der Waals surface area contributed by atoms with Crippen molar-refractivity contribution in [1.29, 1.82) is 0 Å². The number of aromatic carboxylic acids is 1. The summed E-state index contributed by atoms with van der Waals surface area (Å²) in [5.74, 6) is -1.19. The number of carbonyl (C=O) groups is 2. The number of urea groups is 1. The number of anilines is 1. The van der Waals surface area contributed by atoms with Gasteiger partial charge in [0.25, 0.3) is 0 Å². The zero-order valence-electron chi connectivity index (χ0n) is 11.5. The zero-order chi connectivity index (χ0) is 15.0. The van der Waals surface area contributed by atoms with Gasteiger partial charge >= 0.3 is 12.0 Å². The Bertz CT molecular complexity index is 595. The third kappa shape index (κ3) is 2.99. The molecular formula is C15H17FN2O3. The molecule has 0 heterocycles. The first-order valence-corrected chi connectivity index (χ1v) is 7.08. The summed E-state index contributed by atoms with van der Waals surface area (Å²) in [4.78, 5) is 22.9. The van der Waals surface area contributed by atoms with Gasteiger partial charge in [0.15, 0.2) is 0 Å². The summed E-state index contributed by atoms with van der Waals surface area (Å²) in [7, 11) is 0. The molecule has 3 N–H and O–H groups in total. The molecule has 0 aliphatic heterocycles. The van der Waals surface area contributed by atoms with Gasteiger partial charge in [-0.3, -0.25) is 0 Å². The van der Waals surface area contributed by atoms with Crippen LogP contribution in [0.15, 0.2) is 18.2 Å². The van der Waals surface area contributed by atoms with Crippen LogP contribution < -0.4 is 10.6 Å². The van der Waals surface area contributed by atoms with Gasteiger partial charge in [0.2, 0.25) is 0 Å². The molecule has 0 aromatic heterocycles. The van der Waals surface area contributed by atoms with Crippen molar-refractivity contribution in [2.75, 3.05) is 11.9 Å². The number of hydrogen-bond acceptors (Lipinski definition) is 2. The summed E-state index contributed by atoms with van der Waals surface area (Å²) in [5.41, 5.74) is 0.113. The first-order chi connectivity index (χ1) is 10.00. The lowest BCUT2D eigenvalue weighted by Crippen LogP contribution is -2.35. The highest BCUT2D eigenvalue weighted by Gasteiger charge is 2.53. The lowest BCUT2D eigenvalue weighted by Gasteiger charge is -2.16. The number of carboxylic acids is 1. The second kappa shape index (κ2) is 5.02. The van der Waals surface area contributed by atoms with Crippen molar-refractivity contribution in [3.8, 4) is 0 Å². The highest BCUT2D eigenvalue weighted by Crippen LogP contribution is 2.60. The lowest BCUT2D eigenvalue weighted by atomic mass is 10.0. The quantitative estimate of drug-likeness (QED) is 0.781. The van der Waals surface area contributed by atoms with Crippen LogP contribution in [0.3, 0.4) is 0 Å². The smallest absolute Gasteiger partial charge is 0.337 e. The van der Waals surface area contributed by atoms with Crippen molar-refractivity contribution in [3.63, 3.8) is 0 Å². The van der Waals surface area contributed by atoms with Gasteiger partial charge in [-0.25, -0.2) is 14.0 Å². The Labute approximate surface area is 121 Å². The zero-order valence-corrected chi connectivity index (χ0v) is 11.5. The molecule has 6 heteroatoms. The van der Waals surface area contributed by atoms with Crippen LogP contribution in [0.5, 0.6) is 0 Å². The van der Waals surface area contributed by atoms with Crippen LogP contribution in [-0.4, -0.2) is 23.7 Å². The Morgan fingerprint density at radius 3 is 2.62 bits per heavy atom. The van der Waals surface area contributed by atoms with Crippen LogP contribution in [0.2, 0.25) is 0 Å². The number of halogens is 1. The van der Waals surface area contributed by atoms with Crippen molar-refractivity contribution >= 4 is 17.7 Å². The third-order valence-corrected chi connectivity index (χ3v) is 4.40. The van der Waals surface area contributed by atoms with Crippen molar-refractivity contribution in [2.45, 2.75) is 25.7 Å². The van der Waals surface area contributed by atoms with Crippen molar-refractivity contribution < 1.29 is 19.1 Å². The minimum absolute atomic E-state index is 0.0951. The molecule has 5 nitrogen and oxygen atoms in total. The Morgan fingerprint density at radius 1 is 1.33 bits per heavy atom. The highest BCUT2D eigenvalue weighted by atomic mass is 19.1. The fraction of sp³-hybridized carbons (Fsp3) is 0.467. The monoisotopic (exact) mass is 292 g/mol. The standard InChI is InChI=1S/C15H17FN2O3/c16-10-3-4-12(11(7-10)13(19)20)18-14(21)17-8-15(5-6-15)9-1-2-9/h3-4,7,9H,1-2,5-6,8H2,(H,19,20)(H2,17,18,21). The van der Waals surface area contributed by atoms with Gasteiger partial charge < -0.3 is 15.7 Å². The van der Waals surface area contributed by atoms with E-state index >= 15 is 0 Å².